The molecule has 0 spiro atoms. The number of anilines is 1. The molecule has 2 aromatic carbocycles. The predicted octanol–water partition coefficient (Wildman–Crippen LogP) is 3.15. The van der Waals surface area contributed by atoms with E-state index in [1.165, 1.54) is 12.1 Å². The van der Waals surface area contributed by atoms with Gasteiger partial charge in [-0.05, 0) is 41.8 Å². The van der Waals surface area contributed by atoms with Crippen LogP contribution >= 0.6 is 0 Å². The third-order valence-corrected chi connectivity index (χ3v) is 2.99. The largest absolute Gasteiger partial charge is 0.399 e. The molecular formula is C16H16FNO. The SMILES string of the molecule is Nc1ccc(CC(=O)CCc2ccc(F)cc2)cc1. The van der Waals surface area contributed by atoms with Gasteiger partial charge in [0.2, 0.25) is 0 Å². The number of carbonyl (C=O) groups excluding carboxylic acids is 1. The first-order valence-corrected chi connectivity index (χ1v) is 6.24. The summed E-state index contributed by atoms with van der Waals surface area (Å²) in [4.78, 5) is 11.8. The molecule has 0 unspecified atom stereocenters. The first kappa shape index (κ1) is 13.3. The average Bonchev–Trinajstić information content (AvgIpc) is 2.41. The Morgan fingerprint density at radius 1 is 0.947 bits per heavy atom. The van der Waals surface area contributed by atoms with E-state index >= 15 is 0 Å². The third kappa shape index (κ3) is 4.21. The van der Waals surface area contributed by atoms with Crippen LogP contribution in [0.1, 0.15) is 17.5 Å². The van der Waals surface area contributed by atoms with Gasteiger partial charge in [-0.2, -0.15) is 0 Å². The lowest BCUT2D eigenvalue weighted by Gasteiger charge is -2.03. The van der Waals surface area contributed by atoms with E-state index in [-0.39, 0.29) is 11.6 Å². The van der Waals surface area contributed by atoms with Crippen LogP contribution in [0, 0.1) is 5.82 Å². The molecule has 0 heterocycles. The van der Waals surface area contributed by atoms with Gasteiger partial charge in [0.1, 0.15) is 11.6 Å². The summed E-state index contributed by atoms with van der Waals surface area (Å²) >= 11 is 0. The molecule has 2 N–H and O–H groups in total. The highest BCUT2D eigenvalue weighted by molar-refractivity contribution is 5.81. The van der Waals surface area contributed by atoms with Gasteiger partial charge in [-0.25, -0.2) is 4.39 Å². The van der Waals surface area contributed by atoms with Crippen molar-refractivity contribution in [3.63, 3.8) is 0 Å². The minimum Gasteiger partial charge on any atom is -0.399 e. The smallest absolute Gasteiger partial charge is 0.137 e. The number of benzene rings is 2. The van der Waals surface area contributed by atoms with E-state index in [9.17, 15) is 9.18 Å². The number of nitrogens with two attached hydrogens (primary N) is 1. The normalized spacial score (nSPS) is 10.4. The van der Waals surface area contributed by atoms with Crippen molar-refractivity contribution < 1.29 is 9.18 Å². The van der Waals surface area contributed by atoms with Gasteiger partial charge < -0.3 is 5.73 Å². The van der Waals surface area contributed by atoms with E-state index in [2.05, 4.69) is 0 Å². The van der Waals surface area contributed by atoms with E-state index in [0.29, 0.717) is 24.9 Å². The number of aryl methyl sites for hydroxylation is 1. The molecule has 98 valence electrons. The van der Waals surface area contributed by atoms with Crippen LogP contribution < -0.4 is 5.73 Å². The molecule has 0 amide bonds. The van der Waals surface area contributed by atoms with Crippen LogP contribution in [-0.4, -0.2) is 5.78 Å². The van der Waals surface area contributed by atoms with Crippen molar-refractivity contribution in [3.05, 3.63) is 65.5 Å². The van der Waals surface area contributed by atoms with Crippen molar-refractivity contribution in [2.75, 3.05) is 5.73 Å². The predicted molar refractivity (Wildman–Crippen MR) is 74.3 cm³/mol. The highest BCUT2D eigenvalue weighted by Crippen LogP contribution is 2.10. The van der Waals surface area contributed by atoms with Gasteiger partial charge in [0.05, 0.1) is 0 Å². The molecule has 0 bridgehead atoms. The van der Waals surface area contributed by atoms with Gasteiger partial charge in [0.15, 0.2) is 0 Å². The topological polar surface area (TPSA) is 43.1 Å². The van der Waals surface area contributed by atoms with Crippen molar-refractivity contribution in [1.29, 1.82) is 0 Å². The molecule has 0 aliphatic heterocycles. The van der Waals surface area contributed by atoms with E-state index in [0.717, 1.165) is 11.1 Å². The fraction of sp³-hybridized carbons (Fsp3) is 0.188. The van der Waals surface area contributed by atoms with Crippen LogP contribution in [0.4, 0.5) is 10.1 Å². The maximum absolute atomic E-state index is 12.7. The standard InChI is InChI=1S/C16H16FNO/c17-14-6-1-12(2-7-14)5-10-16(19)11-13-3-8-15(18)9-4-13/h1-4,6-9H,5,10-11,18H2. The van der Waals surface area contributed by atoms with Crippen LogP contribution in [-0.2, 0) is 17.6 Å². The number of hydrogen-bond acceptors (Lipinski definition) is 2. The van der Waals surface area contributed by atoms with E-state index < -0.39 is 0 Å². The first-order chi connectivity index (χ1) is 9.13. The van der Waals surface area contributed by atoms with E-state index in [1.807, 2.05) is 12.1 Å². The lowest BCUT2D eigenvalue weighted by Crippen LogP contribution is -2.04. The second kappa shape index (κ2) is 6.14. The lowest BCUT2D eigenvalue weighted by molar-refractivity contribution is -0.118. The number of hydrogen-bond donors (Lipinski definition) is 1. The average molecular weight is 257 g/mol. The van der Waals surface area contributed by atoms with Gasteiger partial charge in [-0.3, -0.25) is 4.79 Å². The quantitative estimate of drug-likeness (QED) is 0.836. The van der Waals surface area contributed by atoms with Crippen LogP contribution in [0.5, 0.6) is 0 Å². The highest BCUT2D eigenvalue weighted by atomic mass is 19.1. The van der Waals surface area contributed by atoms with Crippen LogP contribution in [0.2, 0.25) is 0 Å². The number of halogens is 1. The Kier molecular flexibility index (Phi) is 4.29. The zero-order chi connectivity index (χ0) is 13.7. The van der Waals surface area contributed by atoms with Gasteiger partial charge in [-0.15, -0.1) is 0 Å². The Bertz CT molecular complexity index is 546. The summed E-state index contributed by atoms with van der Waals surface area (Å²) in [6.45, 7) is 0. The first-order valence-electron chi connectivity index (χ1n) is 6.24. The summed E-state index contributed by atoms with van der Waals surface area (Å²) in [6.07, 6.45) is 1.53. The van der Waals surface area contributed by atoms with Crippen molar-refractivity contribution >= 4 is 11.5 Å². The van der Waals surface area contributed by atoms with Gasteiger partial charge in [0, 0.05) is 18.5 Å². The van der Waals surface area contributed by atoms with E-state index in [4.69, 9.17) is 5.73 Å². The molecule has 0 aromatic heterocycles. The van der Waals surface area contributed by atoms with Crippen molar-refractivity contribution in [1.82, 2.24) is 0 Å². The molecular weight excluding hydrogens is 241 g/mol. The number of nitrogen functional groups attached to an aromatic ring is 1. The van der Waals surface area contributed by atoms with Crippen molar-refractivity contribution in [2.24, 2.45) is 0 Å². The van der Waals surface area contributed by atoms with E-state index in [1.54, 1.807) is 24.3 Å². The highest BCUT2D eigenvalue weighted by Gasteiger charge is 2.04. The van der Waals surface area contributed by atoms with Crippen molar-refractivity contribution in [3.8, 4) is 0 Å². The molecule has 2 rings (SSSR count). The Morgan fingerprint density at radius 3 is 2.16 bits per heavy atom. The molecule has 19 heavy (non-hydrogen) atoms. The Labute approximate surface area is 112 Å². The number of rotatable bonds is 5. The second-order valence-corrected chi connectivity index (χ2v) is 4.58. The maximum Gasteiger partial charge on any atom is 0.137 e. The zero-order valence-corrected chi connectivity index (χ0v) is 10.6. The Hall–Kier alpha value is -2.16. The number of carbonyl (C=O) groups is 1. The molecule has 2 nitrogen and oxygen atoms in total. The van der Waals surface area contributed by atoms with Gasteiger partial charge >= 0.3 is 0 Å². The molecule has 0 saturated heterocycles. The summed E-state index contributed by atoms with van der Waals surface area (Å²) in [5.74, 6) is -0.0777. The van der Waals surface area contributed by atoms with Crippen molar-refractivity contribution in [2.45, 2.75) is 19.3 Å². The molecule has 0 saturated carbocycles. The molecule has 0 atom stereocenters. The monoisotopic (exact) mass is 257 g/mol. The van der Waals surface area contributed by atoms with Gasteiger partial charge in [-0.1, -0.05) is 24.3 Å². The summed E-state index contributed by atoms with van der Waals surface area (Å²) < 4.78 is 12.7. The fourth-order valence-corrected chi connectivity index (χ4v) is 1.89. The third-order valence-electron chi connectivity index (χ3n) is 2.99. The molecule has 0 aliphatic carbocycles. The summed E-state index contributed by atoms with van der Waals surface area (Å²) in [5.41, 5.74) is 8.23. The zero-order valence-electron chi connectivity index (χ0n) is 10.6. The number of ketones is 1. The minimum atomic E-state index is -0.253. The fourth-order valence-electron chi connectivity index (χ4n) is 1.89. The molecule has 0 fully saturated rings. The lowest BCUT2D eigenvalue weighted by atomic mass is 10.0. The molecule has 0 aliphatic rings. The second-order valence-electron chi connectivity index (χ2n) is 4.58. The van der Waals surface area contributed by atoms with Crippen LogP contribution in [0.3, 0.4) is 0 Å². The van der Waals surface area contributed by atoms with Gasteiger partial charge in [0.25, 0.3) is 0 Å². The van der Waals surface area contributed by atoms with Crippen LogP contribution in [0.15, 0.2) is 48.5 Å². The minimum absolute atomic E-state index is 0.175. The Balaban J connectivity index is 1.84. The molecule has 3 heteroatoms. The number of Topliss-reactive ketones (excluding diaryl/α,β-unsaturated/α-hetero) is 1. The summed E-state index contributed by atoms with van der Waals surface area (Å²) in [7, 11) is 0. The summed E-state index contributed by atoms with van der Waals surface area (Å²) in [5, 5.41) is 0. The molecule has 2 aromatic rings. The molecule has 0 radical (unpaired) electrons. The van der Waals surface area contributed by atoms with Crippen LogP contribution in [0.25, 0.3) is 0 Å². The maximum atomic E-state index is 12.7. The Morgan fingerprint density at radius 2 is 1.53 bits per heavy atom. The summed E-state index contributed by atoms with van der Waals surface area (Å²) in [6, 6.07) is 13.6.